The first-order valence-electron chi connectivity index (χ1n) is 25.1. The van der Waals surface area contributed by atoms with Gasteiger partial charge in [-0.05, 0) is 129 Å². The van der Waals surface area contributed by atoms with Gasteiger partial charge in [-0.1, -0.05) is 48.2 Å². The van der Waals surface area contributed by atoms with Gasteiger partial charge in [-0.15, -0.1) is 10.2 Å². The predicted octanol–water partition coefficient (Wildman–Crippen LogP) is 6.94. The van der Waals surface area contributed by atoms with E-state index in [0.29, 0.717) is 57.7 Å². The molecule has 4 heterocycles. The molecule has 23 heteroatoms. The normalized spacial score (nSPS) is 18.5. The number of H-pyrrole nitrogens is 1. The second-order valence-corrected chi connectivity index (χ2v) is 22.8. The Balaban J connectivity index is 1.41. The summed E-state index contributed by atoms with van der Waals surface area (Å²) in [6.07, 6.45) is 3.18. The van der Waals surface area contributed by atoms with Gasteiger partial charge in [0.15, 0.2) is 0 Å². The van der Waals surface area contributed by atoms with Crippen LogP contribution in [0, 0.1) is 0 Å². The van der Waals surface area contributed by atoms with E-state index >= 15 is 9.59 Å². The number of aromatic nitrogens is 5. The monoisotopic (exact) mass is 1070 g/mol. The summed E-state index contributed by atoms with van der Waals surface area (Å²) >= 11 is 8.48. The quantitative estimate of drug-likeness (QED) is 0.0477. The van der Waals surface area contributed by atoms with E-state index in [0.717, 1.165) is 10.5 Å². The van der Waals surface area contributed by atoms with Crippen LogP contribution < -0.4 is 26.6 Å². The Labute approximate surface area is 447 Å². The van der Waals surface area contributed by atoms with Crippen LogP contribution in [0.5, 0.6) is 0 Å². The lowest BCUT2D eigenvalue weighted by molar-refractivity contribution is -0.142. The molecule has 2 aliphatic heterocycles. The molecule has 0 bridgehead atoms. The summed E-state index contributed by atoms with van der Waals surface area (Å²) in [6, 6.07) is 11.6. The fourth-order valence-corrected chi connectivity index (χ4v) is 9.68. The third-order valence-corrected chi connectivity index (χ3v) is 13.4. The molecule has 21 nitrogen and oxygen atoms in total. The maximum absolute atomic E-state index is 15.2. The molecule has 0 spiro atoms. The summed E-state index contributed by atoms with van der Waals surface area (Å²) in [5, 5.41) is 30.9. The predicted molar refractivity (Wildman–Crippen MR) is 285 cm³/mol. The Morgan fingerprint density at radius 2 is 1.44 bits per heavy atom. The van der Waals surface area contributed by atoms with Gasteiger partial charge in [-0.3, -0.25) is 23.4 Å². The van der Waals surface area contributed by atoms with Crippen molar-refractivity contribution in [2.24, 2.45) is 0 Å². The number of tetrazole rings is 1. The molecule has 2 aliphatic rings. The highest BCUT2D eigenvalue weighted by molar-refractivity contribution is 8.03. The zero-order valence-corrected chi connectivity index (χ0v) is 46.0. The molecule has 0 fully saturated rings. The molecule has 0 radical (unpaired) electrons. The van der Waals surface area contributed by atoms with Crippen LogP contribution in [0.4, 0.5) is 14.4 Å². The lowest BCUT2D eigenvalue weighted by Gasteiger charge is -2.32. The van der Waals surface area contributed by atoms with E-state index in [2.05, 4.69) is 47.2 Å². The molecule has 5 amide bonds. The van der Waals surface area contributed by atoms with E-state index in [9.17, 15) is 19.2 Å². The molecule has 2 aromatic carbocycles. The molecule has 75 heavy (non-hydrogen) atoms. The van der Waals surface area contributed by atoms with Crippen molar-refractivity contribution >= 4 is 76.0 Å². The smallest absolute Gasteiger partial charge is 0.419 e. The average molecular weight is 1080 g/mol. The summed E-state index contributed by atoms with van der Waals surface area (Å²) in [5.41, 5.74) is 0.981. The number of aromatic amines is 1. The molecule has 0 aliphatic carbocycles. The number of fused-ring (bicyclic) bond motifs is 2. The maximum Gasteiger partial charge on any atom is 0.419 e. The summed E-state index contributed by atoms with van der Waals surface area (Å²) in [5.74, 6) is -1.26. The largest absolute Gasteiger partial charge is 0.444 e. The highest BCUT2D eigenvalue weighted by Crippen LogP contribution is 2.39. The summed E-state index contributed by atoms with van der Waals surface area (Å²) in [7, 11) is 1.52. The molecule has 406 valence electrons. The van der Waals surface area contributed by atoms with E-state index in [1.807, 2.05) is 42.5 Å². The molecule has 0 unspecified atom stereocenters. The lowest BCUT2D eigenvalue weighted by atomic mass is 10.0. The number of unbranched alkanes of at least 4 members (excludes halogenated alkanes) is 1. The number of alkyl carbamates (subject to hydrolysis) is 2. The molecular formula is C52H71ClN12O9S. The minimum absolute atomic E-state index is 0.0471. The van der Waals surface area contributed by atoms with Crippen LogP contribution in [0.2, 0.25) is 0 Å². The number of carbonyl (C=O) groups excluding carboxylic acids is 6. The minimum Gasteiger partial charge on any atom is -0.444 e. The zero-order chi connectivity index (χ0) is 54.7. The van der Waals surface area contributed by atoms with Gasteiger partial charge in [0.05, 0.1) is 23.1 Å². The molecular weight excluding hydrogens is 1000 g/mol. The topological polar surface area (TPSA) is 256 Å². The van der Waals surface area contributed by atoms with Crippen molar-refractivity contribution in [2.45, 2.75) is 147 Å². The van der Waals surface area contributed by atoms with Gasteiger partial charge in [0, 0.05) is 79.0 Å². The van der Waals surface area contributed by atoms with Crippen molar-refractivity contribution < 1.29 is 43.0 Å². The standard InChI is InChI=1S/C52H71ClN12O9S/c1-50(2,3)72-47(69)54-24-16-15-20-38-45(68)63(10)40(27-34-30-64(49(71)74-52(7,8)9)39-22-13-12-19-36(34)39)44(67)57-29-33-26-35(42-59-61-62-60-42)31-65(53)46(33)75-41-23-14-11-18-32(41)28-56-37(43(66)58-38)21-17-25-55-48(70)73-51(4,5)6/h11-14,18-19,22-23,26,30,37-38,40,56H,15-17,20-21,24-25,27-29,31H2,1-10H3,(H,54,69)(H,55,70)(H,57,67)(H,58,66)(H,59,60,61,62)/t37-,38-,40-/m0/s1. The van der Waals surface area contributed by atoms with Gasteiger partial charge in [0.25, 0.3) is 0 Å². The van der Waals surface area contributed by atoms with Gasteiger partial charge >= 0.3 is 18.3 Å². The van der Waals surface area contributed by atoms with Crippen molar-refractivity contribution in [3.8, 4) is 0 Å². The van der Waals surface area contributed by atoms with Gasteiger partial charge in [-0.25, -0.2) is 14.4 Å². The first-order chi connectivity index (χ1) is 35.4. The number of likely N-dealkylation sites (N-methyl/N-ethyl adjacent to an activating group) is 1. The molecule has 0 saturated carbocycles. The average Bonchev–Trinajstić information content (AvgIpc) is 4.00. The number of rotatable bonds is 12. The molecule has 6 rings (SSSR count). The molecule has 4 aromatic rings. The number of thioether (sulfide) groups is 1. The van der Waals surface area contributed by atoms with E-state index in [4.69, 9.17) is 26.0 Å². The Kier molecular flexibility index (Phi) is 19.4. The number of carbonyl (C=O) groups is 6. The lowest BCUT2D eigenvalue weighted by Crippen LogP contribution is -2.57. The second-order valence-electron chi connectivity index (χ2n) is 21.4. The van der Waals surface area contributed by atoms with E-state index < -0.39 is 70.9 Å². The Hall–Kier alpha value is -6.65. The third-order valence-electron chi connectivity index (χ3n) is 11.7. The Bertz CT molecular complexity index is 2740. The van der Waals surface area contributed by atoms with Gasteiger partial charge < -0.3 is 45.7 Å². The van der Waals surface area contributed by atoms with Crippen molar-refractivity contribution in [3.05, 3.63) is 88.4 Å². The summed E-state index contributed by atoms with van der Waals surface area (Å²) < 4.78 is 19.5. The number of ether oxygens (including phenoxy) is 3. The Morgan fingerprint density at radius 3 is 2.11 bits per heavy atom. The number of para-hydroxylation sites is 1. The van der Waals surface area contributed by atoms with Crippen LogP contribution in [0.1, 0.15) is 111 Å². The SMILES string of the molecule is CN1C(=O)[C@H](CCCCNC(=O)OC(C)(C)C)NC(=O)[C@H](CCCNC(=O)OC(C)(C)C)NCc2ccccc2SC2=C(C=C(c3nn[nH]n3)CN2Cl)CNC(=O)[C@@H]1Cc1cn(C(=O)OC(C)(C)C)c2ccccc12. The Morgan fingerprint density at radius 1 is 0.800 bits per heavy atom. The molecule has 3 atom stereocenters. The van der Waals surface area contributed by atoms with E-state index in [1.54, 1.807) is 80.6 Å². The van der Waals surface area contributed by atoms with Gasteiger partial charge in [-0.2, -0.15) is 5.21 Å². The fraction of sp³-hybridized carbons (Fsp3) is 0.519. The van der Waals surface area contributed by atoms with Crippen molar-refractivity contribution in [1.29, 1.82) is 0 Å². The third kappa shape index (κ3) is 16.9. The molecule has 2 aromatic heterocycles. The van der Waals surface area contributed by atoms with Crippen LogP contribution in [-0.4, -0.2) is 139 Å². The molecule has 0 saturated heterocycles. The second kappa shape index (κ2) is 25.3. The fourth-order valence-electron chi connectivity index (χ4n) is 8.29. The number of hydrogen-bond donors (Lipinski definition) is 6. The van der Waals surface area contributed by atoms with Crippen LogP contribution in [-0.2, 0) is 41.6 Å². The van der Waals surface area contributed by atoms with Gasteiger partial charge in [0.2, 0.25) is 23.5 Å². The first-order valence-corrected chi connectivity index (χ1v) is 26.2. The number of halogens is 1. The van der Waals surface area contributed by atoms with Crippen molar-refractivity contribution in [3.63, 3.8) is 0 Å². The van der Waals surface area contributed by atoms with E-state index in [1.165, 1.54) is 32.7 Å². The van der Waals surface area contributed by atoms with E-state index in [-0.39, 0.29) is 52.0 Å². The highest BCUT2D eigenvalue weighted by atomic mass is 35.5. The maximum atomic E-state index is 15.2. The number of nitrogens with zero attached hydrogens (tertiary/aromatic N) is 6. The highest BCUT2D eigenvalue weighted by Gasteiger charge is 2.36. The van der Waals surface area contributed by atoms with Crippen LogP contribution in [0.3, 0.4) is 0 Å². The van der Waals surface area contributed by atoms with Crippen LogP contribution in [0.15, 0.2) is 76.3 Å². The minimum atomic E-state index is -1.21. The van der Waals surface area contributed by atoms with Crippen LogP contribution in [0.25, 0.3) is 16.5 Å². The summed E-state index contributed by atoms with van der Waals surface area (Å²) in [4.78, 5) is 86.0. The number of benzene rings is 2. The molecule has 6 N–H and O–H groups in total. The van der Waals surface area contributed by atoms with Crippen molar-refractivity contribution in [2.75, 3.05) is 33.2 Å². The number of amides is 5. The first kappa shape index (κ1) is 57.6. The van der Waals surface area contributed by atoms with Crippen LogP contribution >= 0.6 is 23.5 Å². The number of hydrogen-bond acceptors (Lipinski definition) is 15. The zero-order valence-electron chi connectivity index (χ0n) is 44.4. The number of nitrogens with one attached hydrogen (secondary N) is 6. The van der Waals surface area contributed by atoms with Gasteiger partial charge in [0.1, 0.15) is 28.9 Å². The summed E-state index contributed by atoms with van der Waals surface area (Å²) in [6.45, 7) is 16.7. The van der Waals surface area contributed by atoms with Crippen molar-refractivity contribution in [1.82, 2.24) is 61.1 Å².